The Bertz CT molecular complexity index is 1060. The highest BCUT2D eigenvalue weighted by Crippen LogP contribution is 2.41. The highest BCUT2D eigenvalue weighted by atomic mass is 16.6. The number of unbranched alkanes of at least 4 members (excludes halogenated alkanes) is 1. The number of aliphatic hydroxyl groups excluding tert-OH is 1. The van der Waals surface area contributed by atoms with Crippen LogP contribution in [-0.4, -0.2) is 45.4 Å². The van der Waals surface area contributed by atoms with Crippen molar-refractivity contribution in [2.45, 2.75) is 25.8 Å². The van der Waals surface area contributed by atoms with E-state index in [0.717, 1.165) is 6.42 Å². The molecule has 9 nitrogen and oxygen atoms in total. The summed E-state index contributed by atoms with van der Waals surface area (Å²) in [5.74, 6) is -1.96. The minimum atomic E-state index is -0.892. The number of benzene rings is 2. The molecule has 1 atom stereocenters. The lowest BCUT2D eigenvalue weighted by Gasteiger charge is -2.25. The van der Waals surface area contributed by atoms with E-state index >= 15 is 0 Å². The van der Waals surface area contributed by atoms with Gasteiger partial charge in [0.2, 0.25) is 0 Å². The minimum absolute atomic E-state index is 0.105. The predicted molar refractivity (Wildman–Crippen MR) is 112 cm³/mol. The van der Waals surface area contributed by atoms with E-state index in [1.54, 1.807) is 6.07 Å². The molecule has 2 aromatic carbocycles. The van der Waals surface area contributed by atoms with Crippen molar-refractivity contribution >= 4 is 23.1 Å². The van der Waals surface area contributed by atoms with Gasteiger partial charge in [0.1, 0.15) is 5.76 Å². The Morgan fingerprint density at radius 1 is 1.19 bits per heavy atom. The Kier molecular flexibility index (Phi) is 6.24. The van der Waals surface area contributed by atoms with E-state index in [0.29, 0.717) is 18.5 Å². The average molecular weight is 426 g/mol. The Balaban J connectivity index is 2.17. The normalized spacial score (nSPS) is 17.7. The van der Waals surface area contributed by atoms with Crippen molar-refractivity contribution in [2.24, 2.45) is 0 Å². The number of amides is 1. The number of ether oxygens (including phenoxy) is 1. The molecule has 1 heterocycles. The number of hydrogen-bond acceptors (Lipinski definition) is 7. The number of carbonyl (C=O) groups excluding carboxylic acids is 2. The van der Waals surface area contributed by atoms with Gasteiger partial charge in [0.05, 0.1) is 23.6 Å². The fourth-order valence-corrected chi connectivity index (χ4v) is 3.55. The first kappa shape index (κ1) is 21.8. The molecular formula is C22H22N2O7. The predicted octanol–water partition coefficient (Wildman–Crippen LogP) is 3.53. The van der Waals surface area contributed by atoms with Crippen LogP contribution in [0.1, 0.15) is 36.9 Å². The maximum atomic E-state index is 12.9. The number of hydrogen-bond donors (Lipinski definition) is 2. The van der Waals surface area contributed by atoms with Crippen LogP contribution in [0.5, 0.6) is 11.5 Å². The number of aliphatic hydroxyl groups is 1. The van der Waals surface area contributed by atoms with Crippen LogP contribution in [0.15, 0.2) is 48.0 Å². The maximum Gasteiger partial charge on any atom is 0.295 e. The third kappa shape index (κ3) is 4.07. The van der Waals surface area contributed by atoms with E-state index in [4.69, 9.17) is 4.74 Å². The Morgan fingerprint density at radius 2 is 1.87 bits per heavy atom. The summed E-state index contributed by atoms with van der Waals surface area (Å²) in [5, 5.41) is 31.7. The number of non-ortho nitro benzene ring substituents is 1. The molecular weight excluding hydrogens is 404 g/mol. The lowest BCUT2D eigenvalue weighted by molar-refractivity contribution is -0.384. The van der Waals surface area contributed by atoms with E-state index in [1.165, 1.54) is 48.4 Å². The molecule has 1 unspecified atom stereocenters. The van der Waals surface area contributed by atoms with Crippen LogP contribution in [0.4, 0.5) is 5.69 Å². The van der Waals surface area contributed by atoms with Crippen LogP contribution >= 0.6 is 0 Å². The van der Waals surface area contributed by atoms with Crippen LogP contribution in [0.25, 0.3) is 5.76 Å². The molecule has 162 valence electrons. The van der Waals surface area contributed by atoms with Gasteiger partial charge in [-0.15, -0.1) is 0 Å². The van der Waals surface area contributed by atoms with Crippen LogP contribution in [0, 0.1) is 10.1 Å². The van der Waals surface area contributed by atoms with Crippen molar-refractivity contribution in [2.75, 3.05) is 13.7 Å². The van der Waals surface area contributed by atoms with Crippen LogP contribution in [0.2, 0.25) is 0 Å². The standard InChI is InChI=1S/C22H22N2O7/c1-3-4-11-23-19(14-7-10-16(25)17(12-14)31-2)18(21(27)22(23)28)20(26)13-5-8-15(9-6-13)24(29)30/h5-10,12,19,25-26H,3-4,11H2,1-2H3/b20-18+. The van der Waals surface area contributed by atoms with Gasteiger partial charge in [0.25, 0.3) is 17.4 Å². The number of likely N-dealkylation sites (tertiary alicyclic amines) is 1. The van der Waals surface area contributed by atoms with Crippen molar-refractivity contribution in [1.29, 1.82) is 0 Å². The van der Waals surface area contributed by atoms with Gasteiger partial charge in [0.15, 0.2) is 11.5 Å². The van der Waals surface area contributed by atoms with Gasteiger partial charge in [-0.2, -0.15) is 0 Å². The number of aromatic hydroxyl groups is 1. The smallest absolute Gasteiger partial charge is 0.295 e. The Hall–Kier alpha value is -3.88. The first-order chi connectivity index (χ1) is 14.8. The number of carbonyl (C=O) groups is 2. The summed E-state index contributed by atoms with van der Waals surface area (Å²) < 4.78 is 5.15. The topological polar surface area (TPSA) is 130 Å². The molecule has 1 aliphatic heterocycles. The zero-order valence-corrected chi connectivity index (χ0v) is 17.1. The molecule has 0 spiro atoms. The zero-order valence-electron chi connectivity index (χ0n) is 17.1. The second-order valence-electron chi connectivity index (χ2n) is 7.08. The van der Waals surface area contributed by atoms with Crippen molar-refractivity contribution in [3.63, 3.8) is 0 Å². The molecule has 0 bridgehead atoms. The molecule has 1 amide bonds. The van der Waals surface area contributed by atoms with Gasteiger partial charge in [-0.25, -0.2) is 0 Å². The summed E-state index contributed by atoms with van der Waals surface area (Å²) in [6.07, 6.45) is 1.44. The highest BCUT2D eigenvalue weighted by Gasteiger charge is 2.46. The number of rotatable bonds is 7. The van der Waals surface area contributed by atoms with Crippen molar-refractivity contribution < 1.29 is 29.5 Å². The van der Waals surface area contributed by atoms with Gasteiger partial charge >= 0.3 is 0 Å². The lowest BCUT2D eigenvalue weighted by Crippen LogP contribution is -2.30. The van der Waals surface area contributed by atoms with E-state index in [1.807, 2.05) is 6.92 Å². The SMILES string of the molecule is CCCCN1C(=O)C(=O)/C(=C(/O)c2ccc([N+](=O)[O-])cc2)C1c1ccc(O)c(OC)c1. The molecule has 0 saturated carbocycles. The second-order valence-corrected chi connectivity index (χ2v) is 7.08. The lowest BCUT2D eigenvalue weighted by atomic mass is 9.95. The molecule has 0 radical (unpaired) electrons. The number of nitro groups is 1. The fraction of sp³-hybridized carbons (Fsp3) is 0.273. The van der Waals surface area contributed by atoms with Gasteiger partial charge in [-0.05, 0) is 36.2 Å². The molecule has 2 N–H and O–H groups in total. The summed E-state index contributed by atoms with van der Waals surface area (Å²) >= 11 is 0. The fourth-order valence-electron chi connectivity index (χ4n) is 3.55. The molecule has 2 aromatic rings. The van der Waals surface area contributed by atoms with Gasteiger partial charge in [-0.3, -0.25) is 19.7 Å². The summed E-state index contributed by atoms with van der Waals surface area (Å²) in [5.41, 5.74) is 0.366. The molecule has 1 fully saturated rings. The van der Waals surface area contributed by atoms with Crippen molar-refractivity contribution in [3.05, 3.63) is 69.3 Å². The van der Waals surface area contributed by atoms with Gasteiger partial charge in [0, 0.05) is 24.2 Å². The third-order valence-electron chi connectivity index (χ3n) is 5.16. The zero-order chi connectivity index (χ0) is 22.7. The summed E-state index contributed by atoms with van der Waals surface area (Å²) in [7, 11) is 1.38. The first-order valence-corrected chi connectivity index (χ1v) is 9.70. The first-order valence-electron chi connectivity index (χ1n) is 9.70. The quantitative estimate of drug-likeness (QED) is 0.228. The molecule has 0 aromatic heterocycles. The van der Waals surface area contributed by atoms with E-state index < -0.39 is 28.4 Å². The Morgan fingerprint density at radius 3 is 2.45 bits per heavy atom. The van der Waals surface area contributed by atoms with Crippen LogP contribution in [-0.2, 0) is 9.59 Å². The number of nitro benzene ring substituents is 1. The molecule has 3 rings (SSSR count). The number of nitrogens with zero attached hydrogens (tertiary/aromatic N) is 2. The number of ketones is 1. The number of Topliss-reactive ketones (excluding diaryl/α,β-unsaturated/α-hetero) is 1. The minimum Gasteiger partial charge on any atom is -0.507 e. The van der Waals surface area contributed by atoms with Crippen LogP contribution < -0.4 is 4.74 Å². The second kappa shape index (κ2) is 8.86. The number of phenolic OH excluding ortho intramolecular Hbond substituents is 1. The number of methoxy groups -OCH3 is 1. The van der Waals surface area contributed by atoms with Gasteiger partial charge < -0.3 is 19.8 Å². The van der Waals surface area contributed by atoms with Gasteiger partial charge in [-0.1, -0.05) is 19.4 Å². The molecule has 1 aliphatic rings. The van der Waals surface area contributed by atoms with E-state index in [-0.39, 0.29) is 28.3 Å². The summed E-state index contributed by atoms with van der Waals surface area (Å²) in [6, 6.07) is 8.62. The average Bonchev–Trinajstić information content (AvgIpc) is 3.02. The monoisotopic (exact) mass is 426 g/mol. The van der Waals surface area contributed by atoms with Crippen molar-refractivity contribution in [1.82, 2.24) is 4.90 Å². The largest absolute Gasteiger partial charge is 0.507 e. The van der Waals surface area contributed by atoms with Crippen molar-refractivity contribution in [3.8, 4) is 11.5 Å². The van der Waals surface area contributed by atoms with E-state index in [9.17, 15) is 29.9 Å². The van der Waals surface area contributed by atoms with Crippen LogP contribution in [0.3, 0.4) is 0 Å². The summed E-state index contributed by atoms with van der Waals surface area (Å²) in [4.78, 5) is 37.3. The molecule has 1 saturated heterocycles. The third-order valence-corrected chi connectivity index (χ3v) is 5.16. The highest BCUT2D eigenvalue weighted by molar-refractivity contribution is 6.46. The summed E-state index contributed by atoms with van der Waals surface area (Å²) in [6.45, 7) is 2.25. The molecule has 31 heavy (non-hydrogen) atoms. The van der Waals surface area contributed by atoms with E-state index in [2.05, 4.69) is 0 Å². The molecule has 0 aliphatic carbocycles. The maximum absolute atomic E-state index is 12.9. The molecule has 9 heteroatoms. The Labute approximate surface area is 178 Å². The number of phenols is 1.